The third kappa shape index (κ3) is 6.05. The first-order valence-electron chi connectivity index (χ1n) is 4.25. The summed E-state index contributed by atoms with van der Waals surface area (Å²) in [6.07, 6.45) is 4.51. The zero-order valence-electron chi connectivity index (χ0n) is 7.14. The SMILES string of the molecule is CCCCN([N])CCCC. The normalized spacial score (nSPS) is 10.8. The summed E-state index contributed by atoms with van der Waals surface area (Å²) in [5.74, 6) is 9.14. The summed E-state index contributed by atoms with van der Waals surface area (Å²) in [5, 5.41) is 1.42. The van der Waals surface area contributed by atoms with Crippen LogP contribution in [0.3, 0.4) is 0 Å². The van der Waals surface area contributed by atoms with Crippen molar-refractivity contribution in [2.75, 3.05) is 13.1 Å². The minimum Gasteiger partial charge on any atom is -0.208 e. The molecule has 2 nitrogen and oxygen atoms in total. The summed E-state index contributed by atoms with van der Waals surface area (Å²) in [7, 11) is 0. The van der Waals surface area contributed by atoms with Crippen molar-refractivity contribution < 1.29 is 0 Å². The second kappa shape index (κ2) is 7.03. The zero-order valence-corrected chi connectivity index (χ0v) is 7.14. The fourth-order valence-electron chi connectivity index (χ4n) is 0.793. The van der Waals surface area contributed by atoms with Crippen LogP contribution in [0.15, 0.2) is 0 Å². The smallest absolute Gasteiger partial charge is 0.0162 e. The van der Waals surface area contributed by atoms with Crippen molar-refractivity contribution in [2.24, 2.45) is 0 Å². The Balaban J connectivity index is 3.00. The lowest BCUT2D eigenvalue weighted by atomic mass is 10.3. The van der Waals surface area contributed by atoms with Crippen molar-refractivity contribution in [1.29, 1.82) is 0 Å². The topological polar surface area (TPSA) is 25.5 Å². The number of hydrogen-bond acceptors (Lipinski definition) is 1. The third-order valence-electron chi connectivity index (χ3n) is 1.54. The van der Waals surface area contributed by atoms with Crippen LogP contribution in [0.1, 0.15) is 39.5 Å². The Morgan fingerprint density at radius 1 is 1.00 bits per heavy atom. The second-order valence-corrected chi connectivity index (χ2v) is 2.66. The Bertz CT molecular complexity index is 56.3. The van der Waals surface area contributed by atoms with Gasteiger partial charge in [0.2, 0.25) is 0 Å². The van der Waals surface area contributed by atoms with Crippen molar-refractivity contribution in [3.8, 4) is 0 Å². The second-order valence-electron chi connectivity index (χ2n) is 2.66. The summed E-state index contributed by atoms with van der Waals surface area (Å²) in [6.45, 7) is 5.92. The predicted molar refractivity (Wildman–Crippen MR) is 43.5 cm³/mol. The Kier molecular flexibility index (Phi) is 6.98. The maximum absolute atomic E-state index is 9.14. The van der Waals surface area contributed by atoms with Gasteiger partial charge in [-0.05, 0) is 18.7 Å². The van der Waals surface area contributed by atoms with Gasteiger partial charge in [0.25, 0.3) is 0 Å². The third-order valence-corrected chi connectivity index (χ3v) is 1.54. The fraction of sp³-hybridized carbons (Fsp3) is 1.00. The van der Waals surface area contributed by atoms with Crippen molar-refractivity contribution in [3.05, 3.63) is 0 Å². The van der Waals surface area contributed by atoms with Crippen LogP contribution in [0.5, 0.6) is 0 Å². The standard InChI is InChI=1S/C8H18N2/c1-3-5-7-10(9)8-6-4-2/h3-8H2,1-2H3. The van der Waals surface area contributed by atoms with Crippen molar-refractivity contribution in [2.45, 2.75) is 39.5 Å². The highest BCUT2D eigenvalue weighted by atomic mass is 15.4. The monoisotopic (exact) mass is 142 g/mol. The molecule has 0 amide bonds. The van der Waals surface area contributed by atoms with Crippen LogP contribution in [0.4, 0.5) is 0 Å². The Hall–Kier alpha value is -0.0800. The van der Waals surface area contributed by atoms with E-state index in [4.69, 9.17) is 5.84 Å². The molecule has 0 aromatic rings. The van der Waals surface area contributed by atoms with Gasteiger partial charge in [0.15, 0.2) is 0 Å². The molecule has 0 spiro atoms. The van der Waals surface area contributed by atoms with Gasteiger partial charge in [0.1, 0.15) is 0 Å². The van der Waals surface area contributed by atoms with E-state index in [1.54, 1.807) is 0 Å². The quantitative estimate of drug-likeness (QED) is 0.520. The molecule has 0 fully saturated rings. The van der Waals surface area contributed by atoms with E-state index < -0.39 is 0 Å². The number of hydrogen-bond donors (Lipinski definition) is 0. The lowest BCUT2D eigenvalue weighted by Crippen LogP contribution is -2.23. The van der Waals surface area contributed by atoms with Gasteiger partial charge in [-0.3, -0.25) is 0 Å². The van der Waals surface area contributed by atoms with Gasteiger partial charge in [-0.15, -0.1) is 0 Å². The van der Waals surface area contributed by atoms with E-state index in [2.05, 4.69) is 13.8 Å². The lowest BCUT2D eigenvalue weighted by molar-refractivity contribution is 0.258. The van der Waals surface area contributed by atoms with E-state index in [9.17, 15) is 0 Å². The molecule has 0 bridgehead atoms. The van der Waals surface area contributed by atoms with Gasteiger partial charge >= 0.3 is 0 Å². The van der Waals surface area contributed by atoms with Crippen molar-refractivity contribution in [3.63, 3.8) is 0 Å². The van der Waals surface area contributed by atoms with Gasteiger partial charge in [0, 0.05) is 13.1 Å². The van der Waals surface area contributed by atoms with Gasteiger partial charge in [-0.25, -0.2) is 5.01 Å². The molecule has 0 aromatic carbocycles. The molecule has 0 saturated heterocycles. The van der Waals surface area contributed by atoms with Crippen LogP contribution in [0.2, 0.25) is 0 Å². The molecule has 0 rings (SSSR count). The maximum Gasteiger partial charge on any atom is 0.0162 e. The molecule has 0 unspecified atom stereocenters. The highest BCUT2D eigenvalue weighted by Crippen LogP contribution is 1.93. The van der Waals surface area contributed by atoms with Crippen LogP contribution in [-0.2, 0) is 0 Å². The molecule has 0 aliphatic carbocycles. The molecule has 2 radical (unpaired) electrons. The van der Waals surface area contributed by atoms with E-state index in [1.165, 1.54) is 5.01 Å². The summed E-state index contributed by atoms with van der Waals surface area (Å²) in [5.41, 5.74) is 0. The predicted octanol–water partition coefficient (Wildman–Crippen LogP) is 1.87. The molecule has 0 aliphatic heterocycles. The first-order chi connectivity index (χ1) is 4.81. The van der Waals surface area contributed by atoms with E-state index in [0.717, 1.165) is 38.8 Å². The number of nitrogens with zero attached hydrogens (tertiary/aromatic N) is 2. The molecule has 2 heteroatoms. The van der Waals surface area contributed by atoms with E-state index in [1.807, 2.05) is 0 Å². The molecule has 0 N–H and O–H groups in total. The maximum atomic E-state index is 9.14. The average Bonchev–Trinajstić information content (AvgIpc) is 1.97. The van der Waals surface area contributed by atoms with Crippen molar-refractivity contribution in [1.82, 2.24) is 10.9 Å². The lowest BCUT2D eigenvalue weighted by Gasteiger charge is -2.10. The average molecular weight is 142 g/mol. The largest absolute Gasteiger partial charge is 0.208 e. The molecular formula is C8H18N2. The number of rotatable bonds is 6. The summed E-state index contributed by atoms with van der Waals surface area (Å²) >= 11 is 0. The zero-order chi connectivity index (χ0) is 7.82. The molecule has 0 aliphatic rings. The van der Waals surface area contributed by atoms with Crippen LogP contribution in [0.25, 0.3) is 0 Å². The van der Waals surface area contributed by atoms with E-state index in [-0.39, 0.29) is 0 Å². The minimum absolute atomic E-state index is 0.830. The van der Waals surface area contributed by atoms with E-state index >= 15 is 0 Å². The molecule has 10 heavy (non-hydrogen) atoms. The first-order valence-corrected chi connectivity index (χ1v) is 4.25. The Morgan fingerprint density at radius 3 is 1.70 bits per heavy atom. The highest BCUT2D eigenvalue weighted by Gasteiger charge is 1.97. The molecule has 0 saturated carbocycles. The van der Waals surface area contributed by atoms with Gasteiger partial charge in [0.05, 0.1) is 0 Å². The van der Waals surface area contributed by atoms with Crippen LogP contribution >= 0.6 is 0 Å². The van der Waals surface area contributed by atoms with Crippen LogP contribution < -0.4 is 5.84 Å². The van der Waals surface area contributed by atoms with Gasteiger partial charge in [-0.2, -0.15) is 0 Å². The highest BCUT2D eigenvalue weighted by molar-refractivity contribution is 4.46. The summed E-state index contributed by atoms with van der Waals surface area (Å²) in [4.78, 5) is 0. The molecule has 60 valence electrons. The van der Waals surface area contributed by atoms with Gasteiger partial charge in [-0.1, -0.05) is 26.7 Å². The Morgan fingerprint density at radius 2 is 1.40 bits per heavy atom. The Labute approximate surface area is 64.4 Å². The molecule has 0 atom stereocenters. The minimum atomic E-state index is 0.830. The number of unbranched alkanes of at least 4 members (excludes halogenated alkanes) is 2. The van der Waals surface area contributed by atoms with Crippen molar-refractivity contribution >= 4 is 0 Å². The van der Waals surface area contributed by atoms with Gasteiger partial charge < -0.3 is 0 Å². The molecule has 0 heterocycles. The summed E-state index contributed by atoms with van der Waals surface area (Å²) < 4.78 is 0. The van der Waals surface area contributed by atoms with Crippen LogP contribution in [0, 0.1) is 0 Å². The summed E-state index contributed by atoms with van der Waals surface area (Å²) in [6, 6.07) is 0. The molecular weight excluding hydrogens is 124 g/mol. The molecule has 0 aromatic heterocycles. The van der Waals surface area contributed by atoms with Crippen LogP contribution in [-0.4, -0.2) is 18.1 Å². The fourth-order valence-corrected chi connectivity index (χ4v) is 0.793. The van der Waals surface area contributed by atoms with E-state index in [0.29, 0.717) is 0 Å². The first kappa shape index (κ1) is 9.92.